The molecule has 0 amide bonds. The van der Waals surface area contributed by atoms with Gasteiger partial charge in [0.1, 0.15) is 4.92 Å². The van der Waals surface area contributed by atoms with Crippen LogP contribution < -0.4 is 5.69 Å². The SMILES string of the molecule is O=c1[nH]nc(-c2ccc([N+](=O)[O-])o2)n1-c1ccc(Br)cc1. The molecule has 0 atom stereocenters. The minimum Gasteiger partial charge on any atom is -0.397 e. The van der Waals surface area contributed by atoms with Crippen molar-refractivity contribution in [2.75, 3.05) is 0 Å². The summed E-state index contributed by atoms with van der Waals surface area (Å²) < 4.78 is 7.21. The zero-order valence-corrected chi connectivity index (χ0v) is 11.9. The highest BCUT2D eigenvalue weighted by atomic mass is 79.9. The number of aromatic nitrogens is 3. The summed E-state index contributed by atoms with van der Waals surface area (Å²) in [7, 11) is 0. The van der Waals surface area contributed by atoms with Gasteiger partial charge in [0.2, 0.25) is 5.82 Å². The standard InChI is InChI=1S/C12H7BrN4O4/c13-7-1-3-8(4-2-7)16-11(14-15-12(16)18)9-5-6-10(21-9)17(19)20/h1-6H,(H,15,18). The van der Waals surface area contributed by atoms with Crippen molar-refractivity contribution in [3.05, 3.63) is 61.5 Å². The summed E-state index contributed by atoms with van der Waals surface area (Å²) in [5.41, 5.74) is 0.0948. The first-order chi connectivity index (χ1) is 10.1. The first-order valence-electron chi connectivity index (χ1n) is 5.74. The lowest BCUT2D eigenvalue weighted by Crippen LogP contribution is -2.15. The second-order valence-corrected chi connectivity index (χ2v) is 4.97. The summed E-state index contributed by atoms with van der Waals surface area (Å²) >= 11 is 3.31. The minimum atomic E-state index is -0.655. The molecular formula is C12H7BrN4O4. The molecule has 9 heteroatoms. The third-order valence-electron chi connectivity index (χ3n) is 2.75. The van der Waals surface area contributed by atoms with Gasteiger partial charge >= 0.3 is 11.6 Å². The Balaban J connectivity index is 2.14. The molecule has 0 aliphatic rings. The molecular weight excluding hydrogens is 344 g/mol. The third-order valence-corrected chi connectivity index (χ3v) is 3.28. The number of furan rings is 1. The van der Waals surface area contributed by atoms with Gasteiger partial charge in [0.25, 0.3) is 0 Å². The number of nitro groups is 1. The highest BCUT2D eigenvalue weighted by Gasteiger charge is 2.19. The molecule has 0 radical (unpaired) electrons. The number of aromatic amines is 1. The van der Waals surface area contributed by atoms with Gasteiger partial charge in [-0.15, -0.1) is 5.10 Å². The van der Waals surface area contributed by atoms with Gasteiger partial charge in [-0.25, -0.2) is 14.5 Å². The van der Waals surface area contributed by atoms with E-state index in [1.54, 1.807) is 24.3 Å². The van der Waals surface area contributed by atoms with Gasteiger partial charge in [-0.05, 0) is 30.3 Å². The van der Waals surface area contributed by atoms with Crippen molar-refractivity contribution in [3.63, 3.8) is 0 Å². The number of hydrogen-bond donors (Lipinski definition) is 1. The van der Waals surface area contributed by atoms with Gasteiger partial charge in [-0.3, -0.25) is 10.1 Å². The highest BCUT2D eigenvalue weighted by Crippen LogP contribution is 2.25. The molecule has 2 heterocycles. The molecule has 21 heavy (non-hydrogen) atoms. The summed E-state index contributed by atoms with van der Waals surface area (Å²) in [5.74, 6) is -0.124. The van der Waals surface area contributed by atoms with Crippen molar-refractivity contribution in [2.45, 2.75) is 0 Å². The van der Waals surface area contributed by atoms with Crippen LogP contribution in [0.2, 0.25) is 0 Å². The maximum Gasteiger partial charge on any atom is 0.433 e. The number of benzene rings is 1. The minimum absolute atomic E-state index is 0.128. The maximum atomic E-state index is 11.9. The quantitative estimate of drug-likeness (QED) is 0.576. The third kappa shape index (κ3) is 2.38. The molecule has 0 bridgehead atoms. The van der Waals surface area contributed by atoms with Crippen molar-refractivity contribution in [1.29, 1.82) is 0 Å². The van der Waals surface area contributed by atoms with Crippen LogP contribution in [0.3, 0.4) is 0 Å². The van der Waals surface area contributed by atoms with Crippen LogP contribution in [0.4, 0.5) is 5.88 Å². The highest BCUT2D eigenvalue weighted by molar-refractivity contribution is 9.10. The molecule has 0 fully saturated rings. The lowest BCUT2D eigenvalue weighted by atomic mass is 10.3. The maximum absolute atomic E-state index is 11.9. The average molecular weight is 351 g/mol. The van der Waals surface area contributed by atoms with Crippen LogP contribution in [0.15, 0.2) is 50.1 Å². The molecule has 0 aliphatic heterocycles. The van der Waals surface area contributed by atoms with E-state index in [0.29, 0.717) is 5.69 Å². The topological polar surface area (TPSA) is 107 Å². The molecule has 3 rings (SSSR count). The average Bonchev–Trinajstić information content (AvgIpc) is 3.06. The molecule has 0 unspecified atom stereocenters. The van der Waals surface area contributed by atoms with E-state index in [0.717, 1.165) is 4.47 Å². The summed E-state index contributed by atoms with van der Waals surface area (Å²) in [6.07, 6.45) is 0. The summed E-state index contributed by atoms with van der Waals surface area (Å²) in [4.78, 5) is 21.9. The van der Waals surface area contributed by atoms with E-state index in [1.807, 2.05) is 0 Å². The fourth-order valence-electron chi connectivity index (χ4n) is 1.84. The Morgan fingerprint density at radius 1 is 1.24 bits per heavy atom. The largest absolute Gasteiger partial charge is 0.433 e. The smallest absolute Gasteiger partial charge is 0.397 e. The van der Waals surface area contributed by atoms with Gasteiger partial charge < -0.3 is 4.42 Å². The fourth-order valence-corrected chi connectivity index (χ4v) is 2.10. The molecule has 0 saturated carbocycles. The van der Waals surface area contributed by atoms with Crippen molar-refractivity contribution in [2.24, 2.45) is 0 Å². The van der Waals surface area contributed by atoms with E-state index in [9.17, 15) is 14.9 Å². The van der Waals surface area contributed by atoms with E-state index in [1.165, 1.54) is 16.7 Å². The van der Waals surface area contributed by atoms with Crippen LogP contribution in [0.25, 0.3) is 17.3 Å². The monoisotopic (exact) mass is 350 g/mol. The van der Waals surface area contributed by atoms with Crippen LogP contribution in [-0.2, 0) is 0 Å². The Hall–Kier alpha value is -2.68. The second-order valence-electron chi connectivity index (χ2n) is 4.06. The molecule has 1 N–H and O–H groups in total. The summed E-state index contributed by atoms with van der Waals surface area (Å²) in [6, 6.07) is 9.56. The number of nitrogens with one attached hydrogen (secondary N) is 1. The van der Waals surface area contributed by atoms with Crippen LogP contribution >= 0.6 is 15.9 Å². The first-order valence-corrected chi connectivity index (χ1v) is 6.53. The lowest BCUT2D eigenvalue weighted by molar-refractivity contribution is -0.401. The van der Waals surface area contributed by atoms with E-state index in [2.05, 4.69) is 26.1 Å². The van der Waals surface area contributed by atoms with E-state index in [4.69, 9.17) is 4.42 Å². The van der Waals surface area contributed by atoms with E-state index >= 15 is 0 Å². The Bertz CT molecular complexity index is 862. The number of H-pyrrole nitrogens is 1. The lowest BCUT2D eigenvalue weighted by Gasteiger charge is -2.03. The Morgan fingerprint density at radius 3 is 2.57 bits per heavy atom. The zero-order valence-electron chi connectivity index (χ0n) is 10.3. The number of hydrogen-bond acceptors (Lipinski definition) is 5. The molecule has 0 aliphatic carbocycles. The Morgan fingerprint density at radius 2 is 1.95 bits per heavy atom. The van der Waals surface area contributed by atoms with Crippen LogP contribution in [-0.4, -0.2) is 19.7 Å². The van der Waals surface area contributed by atoms with Crippen LogP contribution in [0.5, 0.6) is 0 Å². The van der Waals surface area contributed by atoms with E-state index < -0.39 is 16.5 Å². The number of halogens is 1. The fraction of sp³-hybridized carbons (Fsp3) is 0. The van der Waals surface area contributed by atoms with Crippen LogP contribution in [0.1, 0.15) is 0 Å². The number of nitrogens with zero attached hydrogens (tertiary/aromatic N) is 3. The van der Waals surface area contributed by atoms with Crippen molar-refractivity contribution in [3.8, 4) is 17.3 Å². The van der Waals surface area contributed by atoms with Gasteiger partial charge in [-0.1, -0.05) is 15.9 Å². The molecule has 1 aromatic carbocycles. The van der Waals surface area contributed by atoms with E-state index in [-0.39, 0.29) is 11.6 Å². The molecule has 0 spiro atoms. The Kier molecular flexibility index (Phi) is 3.18. The predicted molar refractivity (Wildman–Crippen MR) is 76.2 cm³/mol. The zero-order chi connectivity index (χ0) is 15.0. The predicted octanol–water partition coefficient (Wildman–Crippen LogP) is 2.49. The van der Waals surface area contributed by atoms with Crippen molar-refractivity contribution in [1.82, 2.24) is 14.8 Å². The van der Waals surface area contributed by atoms with Gasteiger partial charge in [-0.2, -0.15) is 0 Å². The van der Waals surface area contributed by atoms with Crippen LogP contribution in [0, 0.1) is 10.1 Å². The normalized spacial score (nSPS) is 10.7. The molecule has 8 nitrogen and oxygen atoms in total. The molecule has 3 aromatic rings. The van der Waals surface area contributed by atoms with Gasteiger partial charge in [0, 0.05) is 4.47 Å². The molecule has 0 saturated heterocycles. The summed E-state index contributed by atoms with van der Waals surface area (Å²) in [5, 5.41) is 16.8. The summed E-state index contributed by atoms with van der Waals surface area (Å²) in [6.45, 7) is 0. The van der Waals surface area contributed by atoms with Gasteiger partial charge in [0.15, 0.2) is 5.76 Å². The first kappa shape index (κ1) is 13.3. The van der Waals surface area contributed by atoms with Crippen molar-refractivity contribution < 1.29 is 9.34 Å². The Labute approximate surface area is 125 Å². The molecule has 2 aromatic heterocycles. The van der Waals surface area contributed by atoms with Crippen molar-refractivity contribution >= 4 is 21.8 Å². The second kappa shape index (κ2) is 5.02. The number of rotatable bonds is 3. The van der Waals surface area contributed by atoms with Gasteiger partial charge in [0.05, 0.1) is 11.8 Å². The molecule has 106 valence electrons.